The highest BCUT2D eigenvalue weighted by atomic mass is 17.1. The number of ether oxygens (including phenoxy) is 6. The lowest BCUT2D eigenvalue weighted by Crippen LogP contribution is -2.26. The molecule has 62 heavy (non-hydrogen) atoms. The summed E-state index contributed by atoms with van der Waals surface area (Å²) in [6.07, 6.45) is 1.42. The first-order valence-corrected chi connectivity index (χ1v) is 20.0. The van der Waals surface area contributed by atoms with Crippen LogP contribution in [0.15, 0.2) is 91.0 Å². The van der Waals surface area contributed by atoms with Gasteiger partial charge in [0.25, 0.3) is 6.01 Å². The van der Waals surface area contributed by atoms with Gasteiger partial charge in [0.15, 0.2) is 0 Å². The van der Waals surface area contributed by atoms with E-state index in [0.717, 1.165) is 53.6 Å². The van der Waals surface area contributed by atoms with E-state index < -0.39 is 30.0 Å². The number of benzene rings is 4. The number of aromatic nitrogens is 6. The minimum atomic E-state index is -1.19. The highest BCUT2D eigenvalue weighted by Crippen LogP contribution is 2.32. The second-order valence-electron chi connectivity index (χ2n) is 14.1. The Balaban J connectivity index is 1.01. The van der Waals surface area contributed by atoms with E-state index in [1.54, 1.807) is 47.0 Å². The first kappa shape index (κ1) is 43.2. The predicted octanol–water partition coefficient (Wildman–Crippen LogP) is 7.62. The third-order valence-electron chi connectivity index (χ3n) is 9.90. The smallest absolute Gasteiger partial charge is 0.465 e. The van der Waals surface area contributed by atoms with Crippen molar-refractivity contribution in [2.24, 2.45) is 0 Å². The summed E-state index contributed by atoms with van der Waals surface area (Å²) in [5.74, 6) is -0.407. The number of tetrazole rings is 1. The minimum absolute atomic E-state index is 0.157. The highest BCUT2D eigenvalue weighted by Gasteiger charge is 2.25. The molecule has 4 aromatic carbocycles. The van der Waals surface area contributed by atoms with E-state index >= 15 is 0 Å². The van der Waals surface area contributed by atoms with Crippen LogP contribution in [0.5, 0.6) is 6.01 Å². The summed E-state index contributed by atoms with van der Waals surface area (Å²) in [6.45, 7) is 3.25. The lowest BCUT2D eigenvalue weighted by atomic mass is 9.98. The molecule has 1 atom stereocenters. The van der Waals surface area contributed by atoms with Crippen molar-refractivity contribution in [3.63, 3.8) is 0 Å². The SMILES string of the molecule is CCOc1nc2cccc(C(=O)OC(C)OC(=O)OC3CCCCC3)c2n1Cc1ccc(-c2ccccc2-c2nnn(COC(=O)OCc3ccccc3CON(O)O)n2)cc1. The molecule has 1 saturated carbocycles. The Bertz CT molecular complexity index is 2470. The fourth-order valence-corrected chi connectivity index (χ4v) is 7.00. The van der Waals surface area contributed by atoms with Gasteiger partial charge in [-0.3, -0.25) is 15.0 Å². The van der Waals surface area contributed by atoms with E-state index in [4.69, 9.17) is 38.8 Å². The summed E-state index contributed by atoms with van der Waals surface area (Å²) in [7, 11) is 0. The van der Waals surface area contributed by atoms with E-state index in [0.29, 0.717) is 52.7 Å². The lowest BCUT2D eigenvalue weighted by molar-refractivity contribution is -0.497. The van der Waals surface area contributed by atoms with Crippen LogP contribution in [0.4, 0.5) is 9.59 Å². The van der Waals surface area contributed by atoms with Gasteiger partial charge in [0.05, 0.1) is 41.7 Å². The Morgan fingerprint density at radius 1 is 0.823 bits per heavy atom. The van der Waals surface area contributed by atoms with Gasteiger partial charge >= 0.3 is 18.3 Å². The van der Waals surface area contributed by atoms with E-state index in [1.807, 2.05) is 55.5 Å². The molecule has 324 valence electrons. The summed E-state index contributed by atoms with van der Waals surface area (Å²) in [6, 6.07) is 27.6. The van der Waals surface area contributed by atoms with Crippen molar-refractivity contribution in [2.75, 3.05) is 6.61 Å². The molecule has 0 amide bonds. The molecule has 0 radical (unpaired) electrons. The number of hydrogen-bond donors (Lipinski definition) is 2. The highest BCUT2D eigenvalue weighted by molar-refractivity contribution is 6.02. The number of hydrogen-bond acceptors (Lipinski definition) is 17. The maximum Gasteiger partial charge on any atom is 0.511 e. The quantitative estimate of drug-likeness (QED) is 0.0390. The van der Waals surface area contributed by atoms with Crippen molar-refractivity contribution < 1.29 is 58.1 Å². The molecule has 0 aliphatic heterocycles. The molecule has 0 spiro atoms. The fourth-order valence-electron chi connectivity index (χ4n) is 7.00. The molecule has 2 N–H and O–H groups in total. The fraction of sp³-hybridized carbons (Fsp3) is 0.326. The zero-order valence-corrected chi connectivity index (χ0v) is 34.0. The molecule has 2 aromatic heterocycles. The van der Waals surface area contributed by atoms with Crippen LogP contribution in [0, 0.1) is 0 Å². The van der Waals surface area contributed by atoms with Gasteiger partial charge < -0.3 is 28.4 Å². The van der Waals surface area contributed by atoms with Crippen molar-refractivity contribution in [1.82, 2.24) is 35.1 Å². The Morgan fingerprint density at radius 2 is 1.55 bits per heavy atom. The van der Waals surface area contributed by atoms with Gasteiger partial charge in [-0.05, 0) is 77.8 Å². The average Bonchev–Trinajstić information content (AvgIpc) is 3.89. The van der Waals surface area contributed by atoms with Crippen LogP contribution in [-0.4, -0.2) is 82.8 Å². The third-order valence-corrected chi connectivity index (χ3v) is 9.90. The molecule has 19 nitrogen and oxygen atoms in total. The third kappa shape index (κ3) is 11.1. The Labute approximate surface area is 355 Å². The van der Waals surface area contributed by atoms with Crippen LogP contribution < -0.4 is 4.74 Å². The molecule has 1 aliphatic rings. The van der Waals surface area contributed by atoms with E-state index in [2.05, 4.69) is 25.2 Å². The zero-order valence-electron chi connectivity index (χ0n) is 34.0. The second-order valence-corrected chi connectivity index (χ2v) is 14.1. The Morgan fingerprint density at radius 3 is 2.29 bits per heavy atom. The second kappa shape index (κ2) is 20.6. The normalized spacial score (nSPS) is 13.4. The van der Waals surface area contributed by atoms with Crippen molar-refractivity contribution in [3.05, 3.63) is 113 Å². The molecule has 19 heteroatoms. The standard InChI is InChI=1S/C43H45N7O12/c1-3-56-41-44-37-19-11-18-36(40(51)60-28(2)61-43(53)62-33-14-5-4-6-15-33)38(37)48(41)24-29-20-22-30(23-21-29)34-16-9-10-17-35(34)39-45-47-49(46-39)27-58-42(52)57-25-31-12-7-8-13-32(31)26-59-50(54)55/h7-13,16-23,28,33,54-55H,3-6,14-15,24-27H2,1-2H3. The topological polar surface area (TPSA) is 221 Å². The van der Waals surface area contributed by atoms with Crippen LogP contribution in [0.2, 0.25) is 0 Å². The summed E-state index contributed by atoms with van der Waals surface area (Å²) >= 11 is 0. The summed E-state index contributed by atoms with van der Waals surface area (Å²) in [5.41, 5.74) is 5.61. The first-order chi connectivity index (χ1) is 30.1. The number of para-hydroxylation sites is 1. The molecule has 1 unspecified atom stereocenters. The molecular formula is C43H45N7O12. The maximum atomic E-state index is 13.6. The average molecular weight is 852 g/mol. The van der Waals surface area contributed by atoms with E-state index in [1.165, 1.54) is 6.92 Å². The van der Waals surface area contributed by atoms with Gasteiger partial charge in [0, 0.05) is 12.5 Å². The van der Waals surface area contributed by atoms with E-state index in [-0.39, 0.29) is 31.6 Å². The van der Waals surface area contributed by atoms with Crippen LogP contribution in [-0.2, 0) is 55.0 Å². The molecule has 0 bridgehead atoms. The molecule has 0 saturated heterocycles. The summed E-state index contributed by atoms with van der Waals surface area (Å²) in [5, 5.41) is 29.9. The Kier molecular flexibility index (Phi) is 14.3. The number of rotatable bonds is 17. The molecular weight excluding hydrogens is 807 g/mol. The zero-order chi connectivity index (χ0) is 43.4. The predicted molar refractivity (Wildman–Crippen MR) is 216 cm³/mol. The summed E-state index contributed by atoms with van der Waals surface area (Å²) in [4.78, 5) is 48.8. The monoisotopic (exact) mass is 851 g/mol. The van der Waals surface area contributed by atoms with Crippen molar-refractivity contribution in [1.29, 1.82) is 0 Å². The largest absolute Gasteiger partial charge is 0.511 e. The van der Waals surface area contributed by atoms with Gasteiger partial charge in [0.2, 0.25) is 18.8 Å². The Hall–Kier alpha value is -6.93. The van der Waals surface area contributed by atoms with Crippen molar-refractivity contribution >= 4 is 29.3 Å². The van der Waals surface area contributed by atoms with Gasteiger partial charge in [-0.2, -0.15) is 4.98 Å². The molecule has 1 aliphatic carbocycles. The van der Waals surface area contributed by atoms with Crippen LogP contribution in [0.1, 0.15) is 73.0 Å². The number of esters is 1. The number of imidazole rings is 1. The number of nitrogens with zero attached hydrogens (tertiary/aromatic N) is 7. The maximum absolute atomic E-state index is 13.6. The molecule has 6 aromatic rings. The van der Waals surface area contributed by atoms with E-state index in [9.17, 15) is 14.4 Å². The van der Waals surface area contributed by atoms with Crippen LogP contribution in [0.3, 0.4) is 0 Å². The van der Waals surface area contributed by atoms with Crippen LogP contribution >= 0.6 is 0 Å². The van der Waals surface area contributed by atoms with Gasteiger partial charge in [-0.25, -0.2) is 19.2 Å². The minimum Gasteiger partial charge on any atom is -0.465 e. The van der Waals surface area contributed by atoms with Gasteiger partial charge in [-0.1, -0.05) is 85.3 Å². The van der Waals surface area contributed by atoms with Gasteiger partial charge in [-0.15, -0.1) is 15.0 Å². The molecule has 7 rings (SSSR count). The summed E-state index contributed by atoms with van der Waals surface area (Å²) < 4.78 is 34.4. The van der Waals surface area contributed by atoms with Crippen molar-refractivity contribution in [3.8, 4) is 28.5 Å². The van der Waals surface area contributed by atoms with Crippen molar-refractivity contribution in [2.45, 2.75) is 84.8 Å². The molecule has 1 fully saturated rings. The van der Waals surface area contributed by atoms with Gasteiger partial charge in [0.1, 0.15) is 12.7 Å². The lowest BCUT2D eigenvalue weighted by Gasteiger charge is -2.22. The number of fused-ring (bicyclic) bond motifs is 1. The van der Waals surface area contributed by atoms with Crippen LogP contribution in [0.25, 0.3) is 33.5 Å². The number of carbonyl (C=O) groups is 3. The first-order valence-electron chi connectivity index (χ1n) is 20.0. The molecule has 2 heterocycles. The number of carbonyl (C=O) groups excluding carboxylic acids is 3.